The Bertz CT molecular complexity index is 2500. The van der Waals surface area contributed by atoms with Gasteiger partial charge in [0.25, 0.3) is 0 Å². The normalized spacial score (nSPS) is 13.3. The van der Waals surface area contributed by atoms with Crippen molar-refractivity contribution in [2.24, 2.45) is 0 Å². The van der Waals surface area contributed by atoms with E-state index in [1.54, 1.807) is 0 Å². The third-order valence-corrected chi connectivity index (χ3v) is 10.2. The third-order valence-electron chi connectivity index (χ3n) is 9.85. The van der Waals surface area contributed by atoms with Gasteiger partial charge in [-0.1, -0.05) is 145 Å². The zero-order valence-corrected chi connectivity index (χ0v) is 26.9. The van der Waals surface area contributed by atoms with Crippen molar-refractivity contribution in [3.05, 3.63) is 185 Å². The molecule has 7 aromatic carbocycles. The Kier molecular flexibility index (Phi) is 6.11. The molecule has 0 saturated heterocycles. The van der Waals surface area contributed by atoms with Gasteiger partial charge in [0.1, 0.15) is 11.5 Å². The number of benzene rings is 7. The molecule has 10 rings (SSSR count). The van der Waals surface area contributed by atoms with Crippen molar-refractivity contribution >= 4 is 22.4 Å². The van der Waals surface area contributed by atoms with Crippen LogP contribution in [0.1, 0.15) is 22.3 Å². The van der Waals surface area contributed by atoms with E-state index >= 15 is 0 Å². The predicted molar refractivity (Wildman–Crippen MR) is 196 cm³/mol. The van der Waals surface area contributed by atoms with Crippen LogP contribution in [0.5, 0.6) is 11.5 Å². The van der Waals surface area contributed by atoms with E-state index in [0.29, 0.717) is 17.5 Å². The van der Waals surface area contributed by atoms with Gasteiger partial charge in [0.05, 0.1) is 5.41 Å². The average Bonchev–Trinajstić information content (AvgIpc) is 3.45. The fourth-order valence-corrected chi connectivity index (χ4v) is 8.06. The molecule has 1 aliphatic heterocycles. The SMILES string of the molecule is Clc1cc2c(c3ccccc13)-c1ccc(-c3nc(-c4ccccc4)nc(-c4ccccc4)n3)cc1C21c2ccccc2Oc2ccccc21. The molecule has 1 aliphatic carbocycles. The second-order valence-corrected chi connectivity index (χ2v) is 12.9. The first-order valence-corrected chi connectivity index (χ1v) is 16.7. The molecule has 0 fully saturated rings. The molecule has 0 N–H and O–H groups in total. The summed E-state index contributed by atoms with van der Waals surface area (Å²) >= 11 is 7.16. The minimum atomic E-state index is -0.697. The average molecular weight is 648 g/mol. The summed E-state index contributed by atoms with van der Waals surface area (Å²) in [5, 5.41) is 2.87. The largest absolute Gasteiger partial charge is 0.457 e. The molecule has 49 heavy (non-hydrogen) atoms. The summed E-state index contributed by atoms with van der Waals surface area (Å²) in [5.74, 6) is 3.52. The first-order valence-electron chi connectivity index (χ1n) is 16.3. The van der Waals surface area contributed by atoms with Gasteiger partial charge < -0.3 is 4.74 Å². The van der Waals surface area contributed by atoms with Gasteiger partial charge in [-0.05, 0) is 51.9 Å². The maximum Gasteiger partial charge on any atom is 0.164 e. The van der Waals surface area contributed by atoms with Crippen LogP contribution < -0.4 is 4.74 Å². The standard InChI is InChI=1S/C44H26ClN3O/c45-37-26-36-40(31-18-8-7-17-30(31)37)32-24-23-29(25-35(32)44(36)33-19-9-11-21-38(33)49-39-22-12-10-20-34(39)44)43-47-41(27-13-3-1-4-14-27)46-42(48-43)28-15-5-2-6-16-28/h1-26H. The quantitative estimate of drug-likeness (QED) is 0.191. The maximum absolute atomic E-state index is 7.16. The van der Waals surface area contributed by atoms with Gasteiger partial charge in [0, 0.05) is 38.2 Å². The molecule has 0 unspecified atom stereocenters. The number of aromatic nitrogens is 3. The highest BCUT2D eigenvalue weighted by Crippen LogP contribution is 2.63. The topological polar surface area (TPSA) is 47.9 Å². The van der Waals surface area contributed by atoms with E-state index in [1.165, 1.54) is 5.56 Å². The van der Waals surface area contributed by atoms with Crippen molar-refractivity contribution in [2.75, 3.05) is 0 Å². The molecular formula is C44H26ClN3O. The smallest absolute Gasteiger partial charge is 0.164 e. The van der Waals surface area contributed by atoms with Gasteiger partial charge in [0.15, 0.2) is 17.5 Å². The first kappa shape index (κ1) is 28.0. The highest BCUT2D eigenvalue weighted by molar-refractivity contribution is 6.36. The number of halogens is 1. The van der Waals surface area contributed by atoms with E-state index in [2.05, 4.69) is 78.9 Å². The highest BCUT2D eigenvalue weighted by Gasteiger charge is 2.52. The Morgan fingerprint density at radius 1 is 0.429 bits per heavy atom. The van der Waals surface area contributed by atoms with Gasteiger partial charge in [-0.2, -0.15) is 0 Å². The molecule has 0 amide bonds. The molecule has 0 atom stereocenters. The van der Waals surface area contributed by atoms with Crippen LogP contribution in [0, 0.1) is 0 Å². The van der Waals surface area contributed by atoms with Crippen molar-refractivity contribution in [1.29, 1.82) is 0 Å². The highest BCUT2D eigenvalue weighted by atomic mass is 35.5. The molecule has 5 heteroatoms. The van der Waals surface area contributed by atoms with Gasteiger partial charge in [-0.25, -0.2) is 15.0 Å². The number of nitrogens with zero attached hydrogens (tertiary/aromatic N) is 3. The van der Waals surface area contributed by atoms with E-state index in [0.717, 1.165) is 71.8 Å². The zero-order valence-electron chi connectivity index (χ0n) is 26.1. The van der Waals surface area contributed by atoms with E-state index in [9.17, 15) is 0 Å². The molecule has 4 nitrogen and oxygen atoms in total. The van der Waals surface area contributed by atoms with Crippen LogP contribution in [-0.2, 0) is 5.41 Å². The summed E-state index contributed by atoms with van der Waals surface area (Å²) in [6.07, 6.45) is 0. The molecule has 2 heterocycles. The molecule has 8 aromatic rings. The van der Waals surface area contributed by atoms with Crippen LogP contribution in [0.4, 0.5) is 0 Å². The minimum absolute atomic E-state index is 0.609. The molecular weight excluding hydrogens is 622 g/mol. The van der Waals surface area contributed by atoms with Crippen molar-refractivity contribution in [1.82, 2.24) is 15.0 Å². The Hall–Kier alpha value is -6.10. The molecule has 1 aromatic heterocycles. The summed E-state index contributed by atoms with van der Waals surface area (Å²) in [6.45, 7) is 0. The number of ether oxygens (including phenoxy) is 1. The molecule has 1 spiro atoms. The van der Waals surface area contributed by atoms with Crippen molar-refractivity contribution in [2.45, 2.75) is 5.41 Å². The van der Waals surface area contributed by atoms with E-state index < -0.39 is 5.41 Å². The fourth-order valence-electron chi connectivity index (χ4n) is 7.79. The molecule has 230 valence electrons. The third kappa shape index (κ3) is 4.08. The Morgan fingerprint density at radius 2 is 0.939 bits per heavy atom. The monoisotopic (exact) mass is 647 g/mol. The molecule has 2 aliphatic rings. The summed E-state index contributed by atoms with van der Waals surface area (Å²) in [5.41, 5.74) is 8.82. The van der Waals surface area contributed by atoms with Crippen LogP contribution in [-0.4, -0.2) is 15.0 Å². The zero-order chi connectivity index (χ0) is 32.5. The molecule has 0 saturated carbocycles. The number of rotatable bonds is 3. The molecule has 0 bridgehead atoms. The lowest BCUT2D eigenvalue weighted by atomic mass is 9.66. The second kappa shape index (κ2) is 10.7. The van der Waals surface area contributed by atoms with Crippen molar-refractivity contribution in [3.63, 3.8) is 0 Å². The fraction of sp³-hybridized carbons (Fsp3) is 0.0227. The van der Waals surface area contributed by atoms with E-state index in [1.807, 2.05) is 78.9 Å². The van der Waals surface area contributed by atoms with E-state index in [4.69, 9.17) is 31.3 Å². The van der Waals surface area contributed by atoms with E-state index in [-0.39, 0.29) is 0 Å². The van der Waals surface area contributed by atoms with Crippen LogP contribution in [0.2, 0.25) is 5.02 Å². The lowest BCUT2D eigenvalue weighted by molar-refractivity contribution is 0.436. The number of hydrogen-bond acceptors (Lipinski definition) is 4. The van der Waals surface area contributed by atoms with Crippen molar-refractivity contribution < 1.29 is 4.74 Å². The Morgan fingerprint density at radius 3 is 1.55 bits per heavy atom. The van der Waals surface area contributed by atoms with Gasteiger partial charge in [-0.3, -0.25) is 0 Å². The van der Waals surface area contributed by atoms with Crippen LogP contribution in [0.25, 0.3) is 56.1 Å². The van der Waals surface area contributed by atoms with Crippen LogP contribution in [0.3, 0.4) is 0 Å². The lowest BCUT2D eigenvalue weighted by Gasteiger charge is -2.39. The van der Waals surface area contributed by atoms with Gasteiger partial charge >= 0.3 is 0 Å². The summed E-state index contributed by atoms with van der Waals surface area (Å²) in [4.78, 5) is 15.1. The van der Waals surface area contributed by atoms with Gasteiger partial charge in [0.2, 0.25) is 0 Å². The Balaban J connectivity index is 1.31. The number of hydrogen-bond donors (Lipinski definition) is 0. The number of fused-ring (bicyclic) bond motifs is 11. The maximum atomic E-state index is 7.16. The summed E-state index contributed by atoms with van der Waals surface area (Å²) in [6, 6.07) is 54.1. The first-order chi connectivity index (χ1) is 24.2. The predicted octanol–water partition coefficient (Wildman–Crippen LogP) is 11.1. The molecule has 0 radical (unpaired) electrons. The van der Waals surface area contributed by atoms with Crippen molar-refractivity contribution in [3.8, 4) is 56.8 Å². The second-order valence-electron chi connectivity index (χ2n) is 12.5. The minimum Gasteiger partial charge on any atom is -0.457 e. The number of para-hydroxylation sites is 2. The summed E-state index contributed by atoms with van der Waals surface area (Å²) < 4.78 is 6.59. The van der Waals surface area contributed by atoms with Crippen LogP contribution >= 0.6 is 11.6 Å². The van der Waals surface area contributed by atoms with Crippen LogP contribution in [0.15, 0.2) is 158 Å². The lowest BCUT2D eigenvalue weighted by Crippen LogP contribution is -2.32. The Labute approximate surface area is 288 Å². The van der Waals surface area contributed by atoms with Gasteiger partial charge in [-0.15, -0.1) is 0 Å². The summed E-state index contributed by atoms with van der Waals surface area (Å²) in [7, 11) is 0.